The van der Waals surface area contributed by atoms with Gasteiger partial charge in [0.25, 0.3) is 11.8 Å². The molecule has 0 atom stereocenters. The smallest absolute Gasteiger partial charge is 0.262 e. The summed E-state index contributed by atoms with van der Waals surface area (Å²) in [6, 6.07) is 23.5. The van der Waals surface area contributed by atoms with Crippen molar-refractivity contribution in [2.24, 2.45) is 0 Å². The molecule has 0 fully saturated rings. The van der Waals surface area contributed by atoms with E-state index in [2.05, 4.69) is 15.5 Å². The van der Waals surface area contributed by atoms with Crippen LogP contribution in [0.25, 0.3) is 11.5 Å². The number of nitrogens with one attached hydrogen (secondary N) is 1. The molecular weight excluding hydrogens is 410 g/mol. The van der Waals surface area contributed by atoms with Crippen LogP contribution in [0.5, 0.6) is 17.2 Å². The van der Waals surface area contributed by atoms with Gasteiger partial charge in [-0.1, -0.05) is 35.5 Å². The van der Waals surface area contributed by atoms with Crippen LogP contribution < -0.4 is 19.5 Å². The summed E-state index contributed by atoms with van der Waals surface area (Å²) in [4.78, 5) is 16.8. The number of carbonyl (C=O) groups is 1. The van der Waals surface area contributed by atoms with Crippen molar-refractivity contribution in [3.63, 3.8) is 0 Å². The minimum absolute atomic E-state index is 0.152. The molecule has 162 valence electrons. The molecule has 4 rings (SSSR count). The van der Waals surface area contributed by atoms with E-state index in [4.69, 9.17) is 18.7 Å². The number of nitrogens with zero attached hydrogens (tertiary/aromatic N) is 2. The zero-order valence-corrected chi connectivity index (χ0v) is 17.4. The van der Waals surface area contributed by atoms with E-state index < -0.39 is 0 Å². The number of carbonyl (C=O) groups excluding carboxylic acids is 1. The maximum atomic E-state index is 12.4. The normalized spacial score (nSPS) is 10.4. The van der Waals surface area contributed by atoms with E-state index in [9.17, 15) is 4.79 Å². The van der Waals surface area contributed by atoms with Gasteiger partial charge in [-0.25, -0.2) is 0 Å². The second kappa shape index (κ2) is 10.1. The van der Waals surface area contributed by atoms with E-state index in [1.807, 2.05) is 36.4 Å². The highest BCUT2D eigenvalue weighted by Gasteiger charge is 2.15. The first-order valence-electron chi connectivity index (χ1n) is 9.88. The topological polar surface area (TPSA) is 95.7 Å². The third-order valence-corrected chi connectivity index (χ3v) is 4.44. The lowest BCUT2D eigenvalue weighted by Crippen LogP contribution is -2.20. The third kappa shape index (κ3) is 5.42. The number of anilines is 1. The van der Waals surface area contributed by atoms with Gasteiger partial charge in [0.1, 0.15) is 17.2 Å². The summed E-state index contributed by atoms with van der Waals surface area (Å²) in [6.45, 7) is 0.0123. The fourth-order valence-corrected chi connectivity index (χ4v) is 2.87. The minimum Gasteiger partial charge on any atom is -0.497 e. The van der Waals surface area contributed by atoms with E-state index in [0.717, 1.165) is 0 Å². The largest absolute Gasteiger partial charge is 0.497 e. The second-order valence-corrected chi connectivity index (χ2v) is 6.68. The predicted octanol–water partition coefficient (Wildman–Crippen LogP) is 4.34. The Morgan fingerprint density at radius 1 is 0.875 bits per heavy atom. The zero-order chi connectivity index (χ0) is 22.2. The summed E-state index contributed by atoms with van der Waals surface area (Å²) in [6.07, 6.45) is 0. The van der Waals surface area contributed by atoms with Crippen LogP contribution in [0, 0.1) is 0 Å². The van der Waals surface area contributed by atoms with Gasteiger partial charge in [-0.15, -0.1) is 0 Å². The van der Waals surface area contributed by atoms with E-state index in [-0.39, 0.29) is 25.0 Å². The van der Waals surface area contributed by atoms with Crippen LogP contribution in [-0.4, -0.2) is 29.8 Å². The highest BCUT2D eigenvalue weighted by Crippen LogP contribution is 2.26. The summed E-state index contributed by atoms with van der Waals surface area (Å²) in [5, 5.41) is 6.78. The number of amides is 1. The molecule has 3 aromatic carbocycles. The van der Waals surface area contributed by atoms with Crippen molar-refractivity contribution in [2.45, 2.75) is 6.61 Å². The quantitative estimate of drug-likeness (QED) is 0.421. The van der Waals surface area contributed by atoms with Crippen LogP contribution in [-0.2, 0) is 11.4 Å². The summed E-state index contributed by atoms with van der Waals surface area (Å²) in [7, 11) is 1.59. The highest BCUT2D eigenvalue weighted by molar-refractivity contribution is 5.95. The third-order valence-electron chi connectivity index (χ3n) is 4.44. The molecule has 8 heteroatoms. The van der Waals surface area contributed by atoms with Crippen LogP contribution in [0.15, 0.2) is 83.4 Å². The van der Waals surface area contributed by atoms with Crippen LogP contribution in [0.3, 0.4) is 0 Å². The Balaban J connectivity index is 1.38. The number of methoxy groups -OCH3 is 1. The SMILES string of the molecule is COc1ccc(OCC(=O)Nc2ccccc2-c2nc(COc3ccccc3)no2)cc1. The molecule has 0 aliphatic rings. The van der Waals surface area contributed by atoms with Gasteiger partial charge in [-0.3, -0.25) is 4.79 Å². The lowest BCUT2D eigenvalue weighted by molar-refractivity contribution is -0.118. The number of aromatic nitrogens is 2. The average molecular weight is 431 g/mol. The van der Waals surface area contributed by atoms with Crippen LogP contribution in [0.2, 0.25) is 0 Å². The summed E-state index contributed by atoms with van der Waals surface area (Å²) in [5.41, 5.74) is 1.14. The number of ether oxygens (including phenoxy) is 3. The van der Waals surface area contributed by atoms with Crippen molar-refractivity contribution < 1.29 is 23.5 Å². The standard InChI is InChI=1S/C24H21N3O5/c1-29-17-11-13-19(14-12-17)31-16-23(28)25-21-10-6-5-9-20(21)24-26-22(27-32-24)15-30-18-7-3-2-4-8-18/h2-14H,15-16H2,1H3,(H,25,28). The lowest BCUT2D eigenvalue weighted by Gasteiger charge is -2.10. The zero-order valence-electron chi connectivity index (χ0n) is 17.4. The lowest BCUT2D eigenvalue weighted by atomic mass is 10.1. The van der Waals surface area contributed by atoms with Crippen molar-refractivity contribution >= 4 is 11.6 Å². The number of benzene rings is 3. The second-order valence-electron chi connectivity index (χ2n) is 6.68. The predicted molar refractivity (Wildman–Crippen MR) is 118 cm³/mol. The van der Waals surface area contributed by atoms with Crippen molar-refractivity contribution in [3.05, 3.63) is 84.7 Å². The Morgan fingerprint density at radius 3 is 2.34 bits per heavy atom. The fourth-order valence-electron chi connectivity index (χ4n) is 2.87. The van der Waals surface area contributed by atoms with Crippen molar-refractivity contribution in [3.8, 4) is 28.7 Å². The van der Waals surface area contributed by atoms with E-state index >= 15 is 0 Å². The Morgan fingerprint density at radius 2 is 1.56 bits per heavy atom. The van der Waals surface area contributed by atoms with Crippen LogP contribution >= 0.6 is 0 Å². The molecule has 1 heterocycles. The van der Waals surface area contributed by atoms with Crippen LogP contribution in [0.4, 0.5) is 5.69 Å². The van der Waals surface area contributed by atoms with E-state index in [0.29, 0.717) is 34.3 Å². The molecule has 4 aromatic rings. The van der Waals surface area contributed by atoms with Gasteiger partial charge < -0.3 is 24.1 Å². The van der Waals surface area contributed by atoms with E-state index in [1.54, 1.807) is 49.6 Å². The van der Waals surface area contributed by atoms with Gasteiger partial charge in [0.15, 0.2) is 13.2 Å². The Hall–Kier alpha value is -4.33. The molecule has 0 saturated carbocycles. The molecule has 0 aliphatic heterocycles. The number of hydrogen-bond donors (Lipinski definition) is 1. The molecule has 0 aliphatic carbocycles. The number of para-hydroxylation sites is 2. The molecule has 0 spiro atoms. The highest BCUT2D eigenvalue weighted by atomic mass is 16.5. The minimum atomic E-state index is -0.319. The van der Waals surface area contributed by atoms with Gasteiger partial charge in [-0.2, -0.15) is 4.98 Å². The number of rotatable bonds is 9. The Labute approximate surface area is 184 Å². The first kappa shape index (κ1) is 20.9. The van der Waals surface area contributed by atoms with Crippen LogP contribution in [0.1, 0.15) is 5.82 Å². The summed E-state index contributed by atoms with van der Waals surface area (Å²) < 4.78 is 21.7. The monoisotopic (exact) mass is 431 g/mol. The molecule has 1 aromatic heterocycles. The van der Waals surface area contributed by atoms with Gasteiger partial charge in [0.2, 0.25) is 5.82 Å². The molecule has 0 radical (unpaired) electrons. The Bertz CT molecular complexity index is 1160. The first-order chi connectivity index (χ1) is 15.7. The van der Waals surface area contributed by atoms with Gasteiger partial charge in [0.05, 0.1) is 18.4 Å². The molecular formula is C24H21N3O5. The van der Waals surface area contributed by atoms with Gasteiger partial charge >= 0.3 is 0 Å². The maximum absolute atomic E-state index is 12.4. The van der Waals surface area contributed by atoms with Gasteiger partial charge in [0, 0.05) is 0 Å². The summed E-state index contributed by atoms with van der Waals surface area (Å²) >= 11 is 0. The van der Waals surface area contributed by atoms with Gasteiger partial charge in [-0.05, 0) is 48.5 Å². The average Bonchev–Trinajstić information content (AvgIpc) is 3.32. The fraction of sp³-hybridized carbons (Fsp3) is 0.125. The molecule has 32 heavy (non-hydrogen) atoms. The number of hydrogen-bond acceptors (Lipinski definition) is 7. The Kier molecular flexibility index (Phi) is 6.62. The molecule has 0 unspecified atom stereocenters. The van der Waals surface area contributed by atoms with Crippen molar-refractivity contribution in [1.29, 1.82) is 0 Å². The molecule has 0 saturated heterocycles. The molecule has 8 nitrogen and oxygen atoms in total. The molecule has 0 bridgehead atoms. The van der Waals surface area contributed by atoms with E-state index in [1.165, 1.54) is 0 Å². The van der Waals surface area contributed by atoms with Crippen molar-refractivity contribution in [1.82, 2.24) is 10.1 Å². The summed E-state index contributed by atoms with van der Waals surface area (Å²) in [5.74, 6) is 2.35. The molecule has 1 N–H and O–H groups in total. The van der Waals surface area contributed by atoms with Crippen molar-refractivity contribution in [2.75, 3.05) is 19.0 Å². The molecule has 1 amide bonds. The first-order valence-corrected chi connectivity index (χ1v) is 9.88. The maximum Gasteiger partial charge on any atom is 0.262 e.